The molecule has 3 atom stereocenters. The third kappa shape index (κ3) is 6.82. The van der Waals surface area contributed by atoms with Gasteiger partial charge in [-0.25, -0.2) is 0 Å². The molecule has 1 aliphatic heterocycles. The number of carboxylic acids is 1. The molecule has 1 unspecified atom stereocenters. The molecular weight excluding hydrogens is 507 g/mol. The van der Waals surface area contributed by atoms with Crippen LogP contribution in [0.2, 0.25) is 0 Å². The number of benzene rings is 2. The predicted molar refractivity (Wildman–Crippen MR) is 153 cm³/mol. The second-order valence-corrected chi connectivity index (χ2v) is 12.6. The zero-order valence-electron chi connectivity index (χ0n) is 25.2. The van der Waals surface area contributed by atoms with E-state index in [1.54, 1.807) is 6.92 Å². The molecular formula is C34H41N2NaO3. The average molecular weight is 549 g/mol. The Morgan fingerprint density at radius 3 is 2.45 bits per heavy atom. The van der Waals surface area contributed by atoms with Crippen LogP contribution in [0.5, 0.6) is 5.75 Å². The third-order valence-corrected chi connectivity index (χ3v) is 8.73. The van der Waals surface area contributed by atoms with Gasteiger partial charge in [-0.15, -0.1) is 0 Å². The first-order chi connectivity index (χ1) is 18.5. The van der Waals surface area contributed by atoms with E-state index in [2.05, 4.69) is 86.2 Å². The monoisotopic (exact) mass is 548 g/mol. The molecule has 5 nitrogen and oxygen atoms in total. The van der Waals surface area contributed by atoms with Crippen LogP contribution in [0.1, 0.15) is 86.9 Å². The van der Waals surface area contributed by atoms with E-state index in [4.69, 9.17) is 4.74 Å². The van der Waals surface area contributed by atoms with E-state index in [0.29, 0.717) is 5.92 Å². The number of carboxylic acid groups (broad SMARTS) is 1. The van der Waals surface area contributed by atoms with Crippen molar-refractivity contribution in [2.24, 2.45) is 11.8 Å². The number of aryl methyl sites for hydroxylation is 2. The number of nitrogens with zero attached hydrogens (tertiary/aromatic N) is 2. The van der Waals surface area contributed by atoms with Gasteiger partial charge in [-0.1, -0.05) is 31.2 Å². The number of carbonyl (C=O) groups is 1. The molecule has 1 fully saturated rings. The molecule has 1 aliphatic carbocycles. The van der Waals surface area contributed by atoms with Crippen LogP contribution < -0.4 is 39.4 Å². The van der Waals surface area contributed by atoms with E-state index < -0.39 is 11.9 Å². The molecule has 0 bridgehead atoms. The molecule has 2 aromatic carbocycles. The SMILES string of the molecule is Cc1cc(-c2ccc(C3CCc4ccc([C@H](C5CC5)[C@H](C)C(=O)[O-])cc4O3)c(CN(C)C(C)(C)C)c2)ccn1.[Na+]. The van der Waals surface area contributed by atoms with E-state index in [1.807, 2.05) is 13.1 Å². The van der Waals surface area contributed by atoms with Crippen LogP contribution in [-0.4, -0.2) is 28.4 Å². The smallest absolute Gasteiger partial charge is 0.550 e. The van der Waals surface area contributed by atoms with E-state index in [9.17, 15) is 9.90 Å². The van der Waals surface area contributed by atoms with Gasteiger partial charge >= 0.3 is 29.6 Å². The molecule has 1 saturated carbocycles. The number of ether oxygens (including phenoxy) is 1. The van der Waals surface area contributed by atoms with Gasteiger partial charge in [0, 0.05) is 35.9 Å². The number of pyridine rings is 1. The van der Waals surface area contributed by atoms with E-state index in [0.717, 1.165) is 49.2 Å². The van der Waals surface area contributed by atoms with E-state index >= 15 is 0 Å². The van der Waals surface area contributed by atoms with Crippen LogP contribution in [0.25, 0.3) is 11.1 Å². The molecule has 206 valence electrons. The van der Waals surface area contributed by atoms with Gasteiger partial charge in [0.2, 0.25) is 0 Å². The Bertz CT molecular complexity index is 1360. The maximum Gasteiger partial charge on any atom is 1.00 e. The summed E-state index contributed by atoms with van der Waals surface area (Å²) in [6.07, 6.45) is 5.82. The van der Waals surface area contributed by atoms with Gasteiger partial charge < -0.3 is 14.6 Å². The summed E-state index contributed by atoms with van der Waals surface area (Å²) < 4.78 is 6.73. The summed E-state index contributed by atoms with van der Waals surface area (Å²) in [6, 6.07) is 17.3. The topological polar surface area (TPSA) is 65.5 Å². The summed E-state index contributed by atoms with van der Waals surface area (Å²) >= 11 is 0. The Kier molecular flexibility index (Phi) is 9.51. The summed E-state index contributed by atoms with van der Waals surface area (Å²) in [7, 11) is 2.17. The predicted octanol–water partition coefficient (Wildman–Crippen LogP) is 3.24. The van der Waals surface area contributed by atoms with Gasteiger partial charge in [-0.05, 0) is 130 Å². The molecule has 5 rings (SSSR count). The maximum atomic E-state index is 11.8. The first-order valence-corrected chi connectivity index (χ1v) is 14.3. The number of hydrogen-bond acceptors (Lipinski definition) is 5. The fourth-order valence-electron chi connectivity index (χ4n) is 5.84. The van der Waals surface area contributed by atoms with Gasteiger partial charge in [-0.3, -0.25) is 9.88 Å². The van der Waals surface area contributed by atoms with Crippen LogP contribution in [0.3, 0.4) is 0 Å². The van der Waals surface area contributed by atoms with Crippen molar-refractivity contribution in [1.82, 2.24) is 9.88 Å². The average Bonchev–Trinajstić information content (AvgIpc) is 3.73. The van der Waals surface area contributed by atoms with Gasteiger partial charge in [0.1, 0.15) is 11.9 Å². The summed E-state index contributed by atoms with van der Waals surface area (Å²) in [5, 5.41) is 11.8. The molecule has 0 N–H and O–H groups in total. The molecule has 3 aromatic rings. The van der Waals surface area contributed by atoms with Crippen molar-refractivity contribution >= 4 is 5.97 Å². The van der Waals surface area contributed by atoms with E-state index in [1.165, 1.54) is 27.8 Å². The summed E-state index contributed by atoms with van der Waals surface area (Å²) in [6.45, 7) is 11.3. The Morgan fingerprint density at radius 1 is 1.07 bits per heavy atom. The molecule has 1 aromatic heterocycles. The minimum Gasteiger partial charge on any atom is -0.550 e. The normalized spacial score (nSPS) is 18.3. The fraction of sp³-hybridized carbons (Fsp3) is 0.471. The van der Waals surface area contributed by atoms with Gasteiger partial charge in [0.15, 0.2) is 0 Å². The van der Waals surface area contributed by atoms with Crippen LogP contribution >= 0.6 is 0 Å². The molecule has 0 radical (unpaired) electrons. The van der Waals surface area contributed by atoms with Gasteiger partial charge in [0.05, 0.1) is 0 Å². The first kappa shape index (κ1) is 30.8. The van der Waals surface area contributed by atoms with Crippen molar-refractivity contribution in [1.29, 1.82) is 0 Å². The van der Waals surface area contributed by atoms with Crippen LogP contribution in [0.4, 0.5) is 0 Å². The van der Waals surface area contributed by atoms with Crippen molar-refractivity contribution < 1.29 is 44.2 Å². The second kappa shape index (κ2) is 12.4. The van der Waals surface area contributed by atoms with Crippen molar-refractivity contribution in [2.45, 2.75) is 84.4 Å². The molecule has 2 aliphatic rings. The molecule has 2 heterocycles. The van der Waals surface area contributed by atoms with Gasteiger partial charge in [0.25, 0.3) is 0 Å². The minimum absolute atomic E-state index is 0. The van der Waals surface area contributed by atoms with Crippen LogP contribution in [0, 0.1) is 18.8 Å². The molecule has 40 heavy (non-hydrogen) atoms. The number of carbonyl (C=O) groups excluding carboxylic acids is 1. The van der Waals surface area contributed by atoms with Crippen molar-refractivity contribution in [3.63, 3.8) is 0 Å². The quantitative estimate of drug-likeness (QED) is 0.405. The summed E-state index contributed by atoms with van der Waals surface area (Å²) in [4.78, 5) is 18.5. The zero-order chi connectivity index (χ0) is 27.9. The summed E-state index contributed by atoms with van der Waals surface area (Å²) in [5.74, 6) is -0.203. The first-order valence-electron chi connectivity index (χ1n) is 14.3. The number of aliphatic carboxylic acids is 1. The molecule has 0 saturated heterocycles. The molecule has 0 spiro atoms. The van der Waals surface area contributed by atoms with Crippen LogP contribution in [-0.2, 0) is 17.8 Å². The summed E-state index contributed by atoms with van der Waals surface area (Å²) in [5.41, 5.74) is 8.13. The second-order valence-electron chi connectivity index (χ2n) is 12.6. The number of rotatable bonds is 8. The van der Waals surface area contributed by atoms with Crippen molar-refractivity contribution in [2.75, 3.05) is 7.05 Å². The number of fused-ring (bicyclic) bond motifs is 1. The standard InChI is InChI=1S/C34H42N2O3.Na/c1-21-17-26(15-16-35-21)25-11-13-29(28(18-25)20-36(6)34(3,4)5)30-14-12-23-7-10-27(19-31(23)39-30)32(24-8-9-24)22(2)33(37)38;/h7,10-11,13,15-19,22,24,30,32H,8-9,12,14,20H2,1-6H3,(H,37,38);/q;+1/p-1/t22-,30?,32-;/m0./s1. The van der Waals surface area contributed by atoms with E-state index in [-0.39, 0.29) is 47.1 Å². The molecule has 0 amide bonds. The number of hydrogen-bond donors (Lipinski definition) is 0. The number of aromatic nitrogens is 1. The largest absolute Gasteiger partial charge is 1.00 e. The zero-order valence-corrected chi connectivity index (χ0v) is 27.2. The third-order valence-electron chi connectivity index (χ3n) is 8.73. The van der Waals surface area contributed by atoms with Crippen molar-refractivity contribution in [3.8, 4) is 16.9 Å². The van der Waals surface area contributed by atoms with Crippen LogP contribution in [0.15, 0.2) is 54.7 Å². The van der Waals surface area contributed by atoms with Gasteiger partial charge in [-0.2, -0.15) is 0 Å². The minimum atomic E-state index is -0.972. The van der Waals surface area contributed by atoms with Crippen molar-refractivity contribution in [3.05, 3.63) is 82.7 Å². The Hall–Kier alpha value is -2.18. The fourth-order valence-corrected chi connectivity index (χ4v) is 5.84. The Balaban J connectivity index is 0.00000370. The Labute approximate surface area is 261 Å². The Morgan fingerprint density at radius 2 is 1.80 bits per heavy atom. The molecule has 6 heteroatoms. The maximum absolute atomic E-state index is 11.8.